The van der Waals surface area contributed by atoms with Crippen LogP contribution in [0.25, 0.3) is 28.2 Å². The number of aromatic nitrogens is 7. The minimum atomic E-state index is -0.169. The predicted octanol–water partition coefficient (Wildman–Crippen LogP) is 2.95. The molecule has 5 heterocycles. The number of hydrogen-bond acceptors (Lipinski definition) is 9. The molecule has 0 unspecified atom stereocenters. The number of nitrogens with one attached hydrogen (secondary N) is 1. The molecule has 11 nitrogen and oxygen atoms in total. The number of fused-ring (bicyclic) bond motifs is 1. The van der Waals surface area contributed by atoms with E-state index in [0.717, 1.165) is 31.9 Å². The average Bonchev–Trinajstić information content (AvgIpc) is 3.25. The van der Waals surface area contributed by atoms with Gasteiger partial charge >= 0.3 is 0 Å². The van der Waals surface area contributed by atoms with Gasteiger partial charge in [-0.2, -0.15) is 4.98 Å². The third-order valence-corrected chi connectivity index (χ3v) is 6.74. The van der Waals surface area contributed by atoms with Gasteiger partial charge in [0.25, 0.3) is 5.56 Å². The van der Waals surface area contributed by atoms with Gasteiger partial charge in [-0.3, -0.25) is 14.8 Å². The Morgan fingerprint density at radius 3 is 2.45 bits per heavy atom. The van der Waals surface area contributed by atoms with Gasteiger partial charge in [0, 0.05) is 62.7 Å². The van der Waals surface area contributed by atoms with Crippen molar-refractivity contribution in [2.45, 2.75) is 13.5 Å². The highest BCUT2D eigenvalue weighted by Gasteiger charge is 2.18. The molecule has 0 spiro atoms. The second-order valence-corrected chi connectivity index (χ2v) is 9.20. The van der Waals surface area contributed by atoms with E-state index in [2.05, 4.69) is 49.2 Å². The fourth-order valence-electron chi connectivity index (χ4n) is 4.67. The maximum absolute atomic E-state index is 13.2. The van der Waals surface area contributed by atoms with E-state index < -0.39 is 0 Å². The van der Waals surface area contributed by atoms with E-state index in [0.29, 0.717) is 40.7 Å². The first-order valence-corrected chi connectivity index (χ1v) is 12.6. The van der Waals surface area contributed by atoms with E-state index in [9.17, 15) is 4.79 Å². The molecule has 0 aliphatic carbocycles. The largest absolute Gasteiger partial charge is 0.369 e. The van der Waals surface area contributed by atoms with Crippen molar-refractivity contribution < 1.29 is 0 Å². The van der Waals surface area contributed by atoms with Crippen LogP contribution >= 0.6 is 0 Å². The monoisotopic (exact) mass is 508 g/mol. The van der Waals surface area contributed by atoms with Crippen LogP contribution in [0.2, 0.25) is 0 Å². The molecular weight excluding hydrogens is 480 g/mol. The summed E-state index contributed by atoms with van der Waals surface area (Å²) in [5.41, 5.74) is 3.68. The molecule has 192 valence electrons. The second-order valence-electron chi connectivity index (χ2n) is 9.20. The Hall–Kier alpha value is -4.64. The summed E-state index contributed by atoms with van der Waals surface area (Å²) < 4.78 is 3.34. The normalized spacial score (nSPS) is 14.2. The van der Waals surface area contributed by atoms with Crippen molar-refractivity contribution in [3.05, 3.63) is 77.6 Å². The lowest BCUT2D eigenvalue weighted by Crippen LogP contribution is -2.44. The van der Waals surface area contributed by atoms with Crippen molar-refractivity contribution in [1.29, 1.82) is 0 Å². The molecule has 38 heavy (non-hydrogen) atoms. The van der Waals surface area contributed by atoms with Gasteiger partial charge in [-0.25, -0.2) is 19.3 Å². The minimum absolute atomic E-state index is 0.169. The Balaban J connectivity index is 1.33. The number of piperazine rings is 1. The van der Waals surface area contributed by atoms with E-state index >= 15 is 0 Å². The summed E-state index contributed by atoms with van der Waals surface area (Å²) in [6.07, 6.45) is 6.47. The first kappa shape index (κ1) is 23.7. The molecule has 0 bridgehead atoms. The zero-order chi connectivity index (χ0) is 26.1. The lowest BCUT2D eigenvalue weighted by molar-refractivity contribution is 0.313. The zero-order valence-electron chi connectivity index (χ0n) is 21.3. The van der Waals surface area contributed by atoms with Crippen LogP contribution in [0.1, 0.15) is 6.92 Å². The van der Waals surface area contributed by atoms with Crippen LogP contribution in [0.15, 0.2) is 72.0 Å². The predicted molar refractivity (Wildman–Crippen MR) is 147 cm³/mol. The molecule has 1 aliphatic rings. The van der Waals surface area contributed by atoms with Crippen molar-refractivity contribution in [2.75, 3.05) is 43.4 Å². The summed E-state index contributed by atoms with van der Waals surface area (Å²) in [6, 6.07) is 13.9. The van der Waals surface area contributed by atoms with Crippen molar-refractivity contribution in [1.82, 2.24) is 39.2 Å². The van der Waals surface area contributed by atoms with Crippen LogP contribution in [0.5, 0.6) is 0 Å². The molecule has 1 aromatic carbocycles. The maximum atomic E-state index is 13.2. The molecule has 5 aromatic rings. The lowest BCUT2D eigenvalue weighted by Gasteiger charge is -2.34. The van der Waals surface area contributed by atoms with E-state index in [4.69, 9.17) is 9.97 Å². The summed E-state index contributed by atoms with van der Waals surface area (Å²) in [5.74, 6) is 0.959. The number of anilines is 3. The molecule has 0 amide bonds. The van der Waals surface area contributed by atoms with Crippen molar-refractivity contribution in [2.24, 2.45) is 0 Å². The van der Waals surface area contributed by atoms with E-state index in [1.165, 1.54) is 5.69 Å². The fourth-order valence-corrected chi connectivity index (χ4v) is 4.67. The Morgan fingerprint density at radius 2 is 1.71 bits per heavy atom. The minimum Gasteiger partial charge on any atom is -0.369 e. The van der Waals surface area contributed by atoms with Gasteiger partial charge in [-0.15, -0.1) is 0 Å². The van der Waals surface area contributed by atoms with E-state index in [1.807, 2.05) is 37.3 Å². The summed E-state index contributed by atoms with van der Waals surface area (Å²) in [6.45, 7) is 6.51. The van der Waals surface area contributed by atoms with Crippen molar-refractivity contribution >= 4 is 28.4 Å². The molecule has 6 rings (SSSR count). The Bertz CT molecular complexity index is 1620. The molecule has 0 radical (unpaired) electrons. The van der Waals surface area contributed by atoms with E-state index in [1.54, 1.807) is 34.2 Å². The number of nitrogens with zero attached hydrogens (tertiary/aromatic N) is 9. The smallest absolute Gasteiger partial charge is 0.278 e. The molecule has 1 aliphatic heterocycles. The standard InChI is InChI=1S/C27H28N10O/c1-3-36-26(38)21-17-30-27(31-19-7-9-20(10-8-19)35-15-13-34(2)14-16-35)33-25(21)37(36)24-6-4-5-22(32-24)23-18-28-11-12-29-23/h4-12,17-18H,3,13-16H2,1-2H3,(H,30,31,33). The highest BCUT2D eigenvalue weighted by Crippen LogP contribution is 2.23. The molecular formula is C27H28N10O. The highest BCUT2D eigenvalue weighted by atomic mass is 16.1. The molecule has 0 atom stereocenters. The fraction of sp³-hybridized carbons (Fsp3) is 0.259. The molecule has 4 aromatic heterocycles. The number of rotatable bonds is 6. The van der Waals surface area contributed by atoms with Crippen LogP contribution < -0.4 is 15.8 Å². The van der Waals surface area contributed by atoms with Gasteiger partial charge in [-0.05, 0) is 50.4 Å². The molecule has 1 N–H and O–H groups in total. The zero-order valence-corrected chi connectivity index (χ0v) is 21.3. The van der Waals surface area contributed by atoms with Crippen LogP contribution in [-0.4, -0.2) is 72.4 Å². The lowest BCUT2D eigenvalue weighted by atomic mass is 10.2. The first-order chi connectivity index (χ1) is 18.6. The first-order valence-electron chi connectivity index (χ1n) is 12.6. The number of benzene rings is 1. The van der Waals surface area contributed by atoms with Gasteiger partial charge in [-0.1, -0.05) is 6.07 Å². The van der Waals surface area contributed by atoms with Crippen LogP contribution in [0, 0.1) is 0 Å². The number of pyridine rings is 1. The third-order valence-electron chi connectivity index (χ3n) is 6.74. The molecule has 0 saturated carbocycles. The SMILES string of the molecule is CCn1c(=O)c2cnc(Nc3ccc(N4CCN(C)CC4)cc3)nc2n1-c1cccc(-c2cnccn2)n1. The molecule has 1 saturated heterocycles. The molecule has 11 heteroatoms. The third kappa shape index (κ3) is 4.48. The van der Waals surface area contributed by atoms with Gasteiger partial charge in [0.05, 0.1) is 11.9 Å². The quantitative estimate of drug-likeness (QED) is 0.370. The van der Waals surface area contributed by atoms with Crippen molar-refractivity contribution in [3.63, 3.8) is 0 Å². The Labute approximate surface area is 219 Å². The van der Waals surface area contributed by atoms with Crippen molar-refractivity contribution in [3.8, 4) is 17.2 Å². The highest BCUT2D eigenvalue weighted by molar-refractivity contribution is 5.77. The Kier molecular flexibility index (Phi) is 6.26. The van der Waals surface area contributed by atoms with Gasteiger partial charge in [0.15, 0.2) is 11.5 Å². The maximum Gasteiger partial charge on any atom is 0.278 e. The summed E-state index contributed by atoms with van der Waals surface area (Å²) in [5, 5.41) is 3.71. The van der Waals surface area contributed by atoms with Crippen LogP contribution in [0.3, 0.4) is 0 Å². The van der Waals surface area contributed by atoms with Gasteiger partial charge < -0.3 is 15.1 Å². The Morgan fingerprint density at radius 1 is 0.895 bits per heavy atom. The van der Waals surface area contributed by atoms with Gasteiger partial charge in [0.2, 0.25) is 5.95 Å². The van der Waals surface area contributed by atoms with Crippen LogP contribution in [-0.2, 0) is 6.54 Å². The average molecular weight is 509 g/mol. The molecule has 1 fully saturated rings. The topological polar surface area (TPSA) is 110 Å². The van der Waals surface area contributed by atoms with Crippen LogP contribution in [0.4, 0.5) is 17.3 Å². The number of hydrogen-bond donors (Lipinski definition) is 1. The van der Waals surface area contributed by atoms with E-state index in [-0.39, 0.29) is 5.56 Å². The second kappa shape index (κ2) is 10.0. The summed E-state index contributed by atoms with van der Waals surface area (Å²) in [7, 11) is 2.15. The summed E-state index contributed by atoms with van der Waals surface area (Å²) in [4.78, 5) is 40.3. The van der Waals surface area contributed by atoms with Gasteiger partial charge in [0.1, 0.15) is 11.1 Å². The summed E-state index contributed by atoms with van der Waals surface area (Å²) >= 11 is 0. The number of likely N-dealkylation sites (N-methyl/N-ethyl adjacent to an activating group) is 1.